The lowest BCUT2D eigenvalue weighted by molar-refractivity contribution is 0.0915. The van der Waals surface area contributed by atoms with Crippen LogP contribution in [0.5, 0.6) is 0 Å². The fraction of sp³-hybridized carbons (Fsp3) is 0.316. The van der Waals surface area contributed by atoms with E-state index >= 15 is 0 Å². The molecule has 0 saturated heterocycles. The third-order valence-electron chi connectivity index (χ3n) is 4.04. The summed E-state index contributed by atoms with van der Waals surface area (Å²) in [5.41, 5.74) is 6.92. The Kier molecular flexibility index (Phi) is 7.98. The van der Waals surface area contributed by atoms with E-state index in [1.165, 1.54) is 12.1 Å². The van der Waals surface area contributed by atoms with Gasteiger partial charge in [0.1, 0.15) is 0 Å². The number of halogens is 1. The highest BCUT2D eigenvalue weighted by Crippen LogP contribution is 2.17. The summed E-state index contributed by atoms with van der Waals surface area (Å²) in [6, 6.07) is 13.7. The number of carbonyl (C=O) groups excluding carboxylic acids is 1. The molecule has 0 aromatic heterocycles. The Morgan fingerprint density at radius 2 is 1.74 bits per heavy atom. The molecule has 0 fully saturated rings. The standard InChI is InChI=1S/C19H25N3O3S.ClH/c1-14-9-10-16(11-17(14)18(23)22-19(2,3)13-20)26(24,25)21-12-15-7-5-4-6-8-15;/h4-11,21H,12-13,20H2,1-3H3,(H,22,23);1H. The van der Waals surface area contributed by atoms with Crippen molar-refractivity contribution in [2.75, 3.05) is 6.54 Å². The second-order valence-electron chi connectivity index (χ2n) is 6.83. The molecule has 2 aromatic rings. The van der Waals surface area contributed by atoms with Crippen LogP contribution in [0.15, 0.2) is 53.4 Å². The fourth-order valence-electron chi connectivity index (χ4n) is 2.30. The molecule has 0 heterocycles. The SMILES string of the molecule is Cc1ccc(S(=O)(=O)NCc2ccccc2)cc1C(=O)NC(C)(C)CN.Cl. The van der Waals surface area contributed by atoms with Crippen LogP contribution in [0.4, 0.5) is 0 Å². The summed E-state index contributed by atoms with van der Waals surface area (Å²) >= 11 is 0. The van der Waals surface area contributed by atoms with Gasteiger partial charge in [-0.05, 0) is 44.0 Å². The van der Waals surface area contributed by atoms with Gasteiger partial charge in [0.15, 0.2) is 0 Å². The van der Waals surface area contributed by atoms with Gasteiger partial charge in [0.25, 0.3) is 5.91 Å². The van der Waals surface area contributed by atoms with Crippen LogP contribution in [-0.4, -0.2) is 26.4 Å². The first-order chi connectivity index (χ1) is 12.1. The number of rotatable bonds is 7. The normalized spacial score (nSPS) is 11.6. The smallest absolute Gasteiger partial charge is 0.252 e. The molecule has 0 spiro atoms. The molecular formula is C19H26ClN3O3S. The molecular weight excluding hydrogens is 386 g/mol. The first kappa shape index (κ1) is 23.1. The number of nitrogens with one attached hydrogen (secondary N) is 2. The zero-order valence-electron chi connectivity index (χ0n) is 15.7. The number of hydrogen-bond donors (Lipinski definition) is 3. The Hall–Kier alpha value is -1.93. The summed E-state index contributed by atoms with van der Waals surface area (Å²) in [5, 5.41) is 2.82. The molecule has 0 aliphatic heterocycles. The molecule has 27 heavy (non-hydrogen) atoms. The average Bonchev–Trinajstić information content (AvgIpc) is 2.60. The predicted octanol–water partition coefficient (Wildman–Crippen LogP) is 2.36. The van der Waals surface area contributed by atoms with Gasteiger partial charge >= 0.3 is 0 Å². The summed E-state index contributed by atoms with van der Waals surface area (Å²) in [6.07, 6.45) is 0. The number of hydrogen-bond acceptors (Lipinski definition) is 4. The van der Waals surface area contributed by atoms with Crippen molar-refractivity contribution in [3.05, 3.63) is 65.2 Å². The third kappa shape index (κ3) is 6.32. The van der Waals surface area contributed by atoms with E-state index in [0.717, 1.165) is 5.56 Å². The first-order valence-electron chi connectivity index (χ1n) is 8.31. The van der Waals surface area contributed by atoms with Gasteiger partial charge < -0.3 is 11.1 Å². The minimum Gasteiger partial charge on any atom is -0.346 e. The molecule has 4 N–H and O–H groups in total. The lowest BCUT2D eigenvalue weighted by Crippen LogP contribution is -2.49. The van der Waals surface area contributed by atoms with Gasteiger partial charge in [-0.1, -0.05) is 36.4 Å². The van der Waals surface area contributed by atoms with E-state index in [9.17, 15) is 13.2 Å². The van der Waals surface area contributed by atoms with Crippen molar-refractivity contribution in [2.45, 2.75) is 37.8 Å². The summed E-state index contributed by atoms with van der Waals surface area (Å²) in [5.74, 6) is -0.349. The Balaban J connectivity index is 0.00000364. The molecule has 0 unspecified atom stereocenters. The molecule has 0 atom stereocenters. The summed E-state index contributed by atoms with van der Waals surface area (Å²) in [4.78, 5) is 12.6. The van der Waals surface area contributed by atoms with Gasteiger partial charge in [-0.25, -0.2) is 13.1 Å². The van der Waals surface area contributed by atoms with Crippen molar-refractivity contribution in [1.29, 1.82) is 0 Å². The van der Waals surface area contributed by atoms with Crippen molar-refractivity contribution >= 4 is 28.3 Å². The number of aryl methyl sites for hydroxylation is 1. The summed E-state index contributed by atoms with van der Waals surface area (Å²) in [6.45, 7) is 5.83. The molecule has 0 aliphatic rings. The highest BCUT2D eigenvalue weighted by molar-refractivity contribution is 7.89. The van der Waals surface area contributed by atoms with Gasteiger partial charge in [-0.3, -0.25) is 4.79 Å². The number of benzene rings is 2. The maximum Gasteiger partial charge on any atom is 0.252 e. The Morgan fingerprint density at radius 1 is 1.11 bits per heavy atom. The predicted molar refractivity (Wildman–Crippen MR) is 109 cm³/mol. The highest BCUT2D eigenvalue weighted by Gasteiger charge is 2.22. The molecule has 2 aromatic carbocycles. The van der Waals surface area contributed by atoms with Crippen LogP contribution < -0.4 is 15.8 Å². The lowest BCUT2D eigenvalue weighted by atomic mass is 10.0. The second kappa shape index (κ2) is 9.32. The first-order valence-corrected chi connectivity index (χ1v) is 9.80. The van der Waals surface area contributed by atoms with E-state index in [4.69, 9.17) is 5.73 Å². The number of sulfonamides is 1. The van der Waals surface area contributed by atoms with Gasteiger partial charge in [0.05, 0.1) is 4.90 Å². The molecule has 0 aliphatic carbocycles. The van der Waals surface area contributed by atoms with Gasteiger partial charge in [0.2, 0.25) is 10.0 Å². The van der Waals surface area contributed by atoms with Crippen LogP contribution in [0.25, 0.3) is 0 Å². The zero-order valence-corrected chi connectivity index (χ0v) is 17.3. The van der Waals surface area contributed by atoms with Crippen LogP contribution in [0, 0.1) is 6.92 Å². The number of carbonyl (C=O) groups is 1. The molecule has 1 amide bonds. The third-order valence-corrected chi connectivity index (χ3v) is 5.43. The Labute approximate surface area is 167 Å². The van der Waals surface area contributed by atoms with Crippen molar-refractivity contribution in [1.82, 2.24) is 10.0 Å². The van der Waals surface area contributed by atoms with Crippen LogP contribution in [0.2, 0.25) is 0 Å². The van der Waals surface area contributed by atoms with Crippen LogP contribution >= 0.6 is 12.4 Å². The lowest BCUT2D eigenvalue weighted by Gasteiger charge is -2.24. The van der Waals surface area contributed by atoms with E-state index in [2.05, 4.69) is 10.0 Å². The minimum atomic E-state index is -3.74. The van der Waals surface area contributed by atoms with Crippen molar-refractivity contribution < 1.29 is 13.2 Å². The molecule has 2 rings (SSSR count). The van der Waals surface area contributed by atoms with Crippen molar-refractivity contribution in [2.24, 2.45) is 5.73 Å². The van der Waals surface area contributed by atoms with Gasteiger partial charge in [-0.2, -0.15) is 0 Å². The largest absolute Gasteiger partial charge is 0.346 e. The monoisotopic (exact) mass is 411 g/mol. The summed E-state index contributed by atoms with van der Waals surface area (Å²) < 4.78 is 27.7. The highest BCUT2D eigenvalue weighted by atomic mass is 35.5. The van der Waals surface area contributed by atoms with Crippen molar-refractivity contribution in [3.8, 4) is 0 Å². The van der Waals surface area contributed by atoms with E-state index in [1.807, 2.05) is 44.2 Å². The molecule has 6 nitrogen and oxygen atoms in total. The van der Waals surface area contributed by atoms with Crippen LogP contribution in [0.3, 0.4) is 0 Å². The van der Waals surface area contributed by atoms with Gasteiger partial charge in [0, 0.05) is 24.2 Å². The molecule has 8 heteroatoms. The minimum absolute atomic E-state index is 0. The zero-order chi connectivity index (χ0) is 19.4. The van der Waals surface area contributed by atoms with Crippen molar-refractivity contribution in [3.63, 3.8) is 0 Å². The van der Waals surface area contributed by atoms with E-state index in [-0.39, 0.29) is 36.3 Å². The van der Waals surface area contributed by atoms with E-state index in [0.29, 0.717) is 11.1 Å². The molecule has 0 radical (unpaired) electrons. The average molecular weight is 412 g/mol. The Bertz CT molecular complexity index is 884. The summed E-state index contributed by atoms with van der Waals surface area (Å²) in [7, 11) is -3.74. The van der Waals surface area contributed by atoms with Crippen LogP contribution in [0.1, 0.15) is 35.3 Å². The maximum absolute atomic E-state index is 12.6. The topological polar surface area (TPSA) is 101 Å². The van der Waals surface area contributed by atoms with E-state index < -0.39 is 15.6 Å². The number of nitrogens with two attached hydrogens (primary N) is 1. The fourth-order valence-corrected chi connectivity index (χ4v) is 3.34. The second-order valence-corrected chi connectivity index (χ2v) is 8.60. The van der Waals surface area contributed by atoms with Gasteiger partial charge in [-0.15, -0.1) is 12.4 Å². The number of amides is 1. The van der Waals surface area contributed by atoms with Crippen LogP contribution in [-0.2, 0) is 16.6 Å². The molecule has 0 bridgehead atoms. The maximum atomic E-state index is 12.6. The van der Waals surface area contributed by atoms with E-state index in [1.54, 1.807) is 13.0 Å². The quantitative estimate of drug-likeness (QED) is 0.650. The molecule has 148 valence electrons. The molecule has 0 saturated carbocycles. The Morgan fingerprint density at radius 3 is 2.33 bits per heavy atom.